The van der Waals surface area contributed by atoms with Crippen molar-refractivity contribution in [2.45, 2.75) is 123 Å². The molecule has 2 unspecified atom stereocenters. The zero-order chi connectivity index (χ0) is 28.7. The highest BCUT2D eigenvalue weighted by molar-refractivity contribution is 5.76. The fourth-order valence-corrected chi connectivity index (χ4v) is 4.52. The molecule has 5 nitrogen and oxygen atoms in total. The van der Waals surface area contributed by atoms with Gasteiger partial charge in [0.25, 0.3) is 0 Å². The van der Waals surface area contributed by atoms with E-state index in [4.69, 9.17) is 11.2 Å². The number of unbranched alkanes of at least 4 members (excludes halogenated alkanes) is 3. The van der Waals surface area contributed by atoms with Gasteiger partial charge in [-0.3, -0.25) is 4.79 Å². The molecule has 0 aliphatic heterocycles. The number of allylic oxidation sites excluding steroid dienone is 4. The first kappa shape index (κ1) is 35.5. The van der Waals surface area contributed by atoms with Gasteiger partial charge in [0.05, 0.1) is 17.1 Å². The van der Waals surface area contributed by atoms with Crippen molar-refractivity contribution in [3.63, 3.8) is 0 Å². The summed E-state index contributed by atoms with van der Waals surface area (Å²) in [6, 6.07) is 0. The molecule has 5 heteroatoms. The van der Waals surface area contributed by atoms with Crippen LogP contribution in [0.15, 0.2) is 36.4 Å². The van der Waals surface area contributed by atoms with Crippen LogP contribution in [0.25, 0.3) is 0 Å². The van der Waals surface area contributed by atoms with E-state index in [-0.39, 0.29) is 12.4 Å². The Morgan fingerprint density at radius 1 is 1.18 bits per heavy atom. The van der Waals surface area contributed by atoms with E-state index in [0.29, 0.717) is 6.42 Å². The number of nitrogens with one attached hydrogen (secondary N) is 1. The van der Waals surface area contributed by atoms with Crippen LogP contribution in [0.5, 0.6) is 0 Å². The molecule has 1 aliphatic rings. The summed E-state index contributed by atoms with van der Waals surface area (Å²) in [5.74, 6) is 5.31. The molecule has 0 heterocycles. The third-order valence-electron chi connectivity index (χ3n) is 6.97. The quantitative estimate of drug-likeness (QED) is 0.0938. The number of ketones is 1. The number of rotatable bonds is 21. The van der Waals surface area contributed by atoms with Crippen LogP contribution in [0.3, 0.4) is 0 Å². The molecule has 0 saturated carbocycles. The first-order chi connectivity index (χ1) is 18.3. The molecule has 0 aromatic heterocycles. The maximum atomic E-state index is 12.0. The van der Waals surface area contributed by atoms with Crippen LogP contribution < -0.4 is 5.32 Å². The molecule has 0 fully saturated rings. The second-order valence-corrected chi connectivity index (χ2v) is 10.6. The van der Waals surface area contributed by atoms with Crippen molar-refractivity contribution in [1.29, 1.82) is 0 Å². The van der Waals surface area contributed by atoms with Crippen molar-refractivity contribution in [2.24, 2.45) is 5.92 Å². The van der Waals surface area contributed by atoms with Gasteiger partial charge in [-0.15, -0.1) is 12.3 Å². The van der Waals surface area contributed by atoms with E-state index in [1.54, 1.807) is 0 Å². The maximum absolute atomic E-state index is 12.0. The lowest BCUT2D eigenvalue weighted by atomic mass is 9.88. The van der Waals surface area contributed by atoms with E-state index in [2.05, 4.69) is 56.6 Å². The molecule has 2 atom stereocenters. The molecule has 0 saturated heterocycles. The number of Topliss-reactive ketones (excluding diaryl/α,β-unsaturated/α-hetero) is 1. The summed E-state index contributed by atoms with van der Waals surface area (Å²) in [5, 5.41) is 3.47. The van der Waals surface area contributed by atoms with Gasteiger partial charge < -0.3 is 19.7 Å². The summed E-state index contributed by atoms with van der Waals surface area (Å²) in [4.78, 5) is 24.7. The van der Waals surface area contributed by atoms with Crippen LogP contribution in [0.2, 0.25) is 0 Å². The maximum Gasteiger partial charge on any atom is 0.167 e. The largest absolute Gasteiger partial charge is 0.490 e. The molecule has 216 valence electrons. The zero-order valence-electron chi connectivity index (χ0n) is 25.2. The average Bonchev–Trinajstić information content (AvgIpc) is 2.92. The molecular formula is C33H56N2O3. The topological polar surface area (TPSA) is 58.6 Å². The fourth-order valence-electron chi connectivity index (χ4n) is 4.52. The number of carbonyl (C=O) groups is 2. The Labute approximate surface area is 234 Å². The lowest BCUT2D eigenvalue weighted by Gasteiger charge is -2.35. The molecule has 1 rings (SSSR count). The number of aldehydes is 1. The predicted octanol–water partition coefficient (Wildman–Crippen LogP) is 7.73. The Morgan fingerprint density at radius 3 is 2.45 bits per heavy atom. The molecule has 0 bridgehead atoms. The minimum Gasteiger partial charge on any atom is -0.490 e. The molecule has 0 aromatic rings. The van der Waals surface area contributed by atoms with Crippen LogP contribution in [-0.2, 0) is 14.3 Å². The fraction of sp³-hybridized carbons (Fsp3) is 0.697. The minimum absolute atomic E-state index is 0.0699. The standard InChI is InChI=1S/C24H44N2O.C9H12O2/c1-7-11-14-19-24(21-27,18-13-9-3)25-22(5)26(6)20-17-23(15-10-4)16-12-8-2;1-8(10)7-11-9-5-3-2-4-6-9/h1,21,23,25H,5,8-20H2,2-4,6H3;2-3,5H,4,6-7H2,1H3. The Balaban J connectivity index is 0.00000103. The van der Waals surface area contributed by atoms with Crippen molar-refractivity contribution in [1.82, 2.24) is 10.2 Å². The molecule has 0 aromatic carbocycles. The summed E-state index contributed by atoms with van der Waals surface area (Å²) >= 11 is 0. The molecule has 1 aliphatic carbocycles. The van der Waals surface area contributed by atoms with Gasteiger partial charge in [-0.25, -0.2) is 0 Å². The number of carbonyl (C=O) groups excluding carboxylic acids is 2. The lowest BCUT2D eigenvalue weighted by molar-refractivity contribution is -0.120. The summed E-state index contributed by atoms with van der Waals surface area (Å²) in [6.07, 6.45) is 27.3. The summed E-state index contributed by atoms with van der Waals surface area (Å²) in [7, 11) is 2.08. The molecule has 38 heavy (non-hydrogen) atoms. The Kier molecular flexibility index (Phi) is 21.0. The monoisotopic (exact) mass is 528 g/mol. The third-order valence-corrected chi connectivity index (χ3v) is 6.97. The first-order valence-corrected chi connectivity index (χ1v) is 14.8. The van der Waals surface area contributed by atoms with Crippen LogP contribution in [0.4, 0.5) is 0 Å². The number of ether oxygens (including phenoxy) is 1. The molecular weight excluding hydrogens is 472 g/mol. The van der Waals surface area contributed by atoms with Crippen molar-refractivity contribution in [3.05, 3.63) is 36.4 Å². The van der Waals surface area contributed by atoms with E-state index < -0.39 is 5.54 Å². The normalized spacial score (nSPS) is 14.6. The van der Waals surface area contributed by atoms with Crippen molar-refractivity contribution in [3.8, 4) is 12.3 Å². The molecule has 0 radical (unpaired) electrons. The second-order valence-electron chi connectivity index (χ2n) is 10.6. The van der Waals surface area contributed by atoms with Crippen molar-refractivity contribution in [2.75, 3.05) is 20.2 Å². The lowest BCUT2D eigenvalue weighted by Crippen LogP contribution is -2.49. The van der Waals surface area contributed by atoms with Crippen LogP contribution in [0, 0.1) is 18.3 Å². The molecule has 0 amide bonds. The van der Waals surface area contributed by atoms with Crippen molar-refractivity contribution < 1.29 is 14.3 Å². The Bertz CT molecular complexity index is 765. The average molecular weight is 529 g/mol. The SMILES string of the molecule is C#CCCCC(C=O)(CCCC)NC(=C)N(C)CCC(CCC)CCCC.CC(=O)COC1=CC=CCC1. The molecule has 1 N–H and O–H groups in total. The number of nitrogens with zero attached hydrogens (tertiary/aromatic N) is 1. The van der Waals surface area contributed by atoms with E-state index >= 15 is 0 Å². The second kappa shape index (κ2) is 22.5. The van der Waals surface area contributed by atoms with E-state index in [1.807, 2.05) is 12.2 Å². The van der Waals surface area contributed by atoms with E-state index in [9.17, 15) is 9.59 Å². The van der Waals surface area contributed by atoms with Gasteiger partial charge in [-0.1, -0.05) is 84.4 Å². The van der Waals surface area contributed by atoms with Crippen LogP contribution >= 0.6 is 0 Å². The van der Waals surface area contributed by atoms with Gasteiger partial charge in [-0.2, -0.15) is 0 Å². The highest BCUT2D eigenvalue weighted by Gasteiger charge is 2.29. The van der Waals surface area contributed by atoms with Gasteiger partial charge in [0.15, 0.2) is 5.78 Å². The van der Waals surface area contributed by atoms with Gasteiger partial charge in [0.1, 0.15) is 12.9 Å². The van der Waals surface area contributed by atoms with Crippen LogP contribution in [-0.4, -0.2) is 42.7 Å². The van der Waals surface area contributed by atoms with E-state index in [0.717, 1.165) is 75.3 Å². The summed E-state index contributed by atoms with van der Waals surface area (Å²) < 4.78 is 5.20. The summed E-state index contributed by atoms with van der Waals surface area (Å²) in [6.45, 7) is 13.6. The minimum atomic E-state index is -0.538. The predicted molar refractivity (Wildman–Crippen MR) is 162 cm³/mol. The van der Waals surface area contributed by atoms with Gasteiger partial charge in [0, 0.05) is 26.4 Å². The van der Waals surface area contributed by atoms with Gasteiger partial charge in [-0.05, 0) is 51.0 Å². The molecule has 0 spiro atoms. The van der Waals surface area contributed by atoms with E-state index in [1.165, 1.54) is 45.4 Å². The van der Waals surface area contributed by atoms with Gasteiger partial charge >= 0.3 is 0 Å². The van der Waals surface area contributed by atoms with Crippen LogP contribution in [0.1, 0.15) is 118 Å². The number of terminal acetylenes is 1. The Morgan fingerprint density at radius 2 is 1.89 bits per heavy atom. The van der Waals surface area contributed by atoms with Crippen molar-refractivity contribution >= 4 is 12.1 Å². The zero-order valence-corrected chi connectivity index (χ0v) is 25.2. The smallest absolute Gasteiger partial charge is 0.167 e. The number of hydrogen-bond acceptors (Lipinski definition) is 5. The first-order valence-electron chi connectivity index (χ1n) is 14.8. The van der Waals surface area contributed by atoms with Gasteiger partial charge in [0.2, 0.25) is 0 Å². The Hall–Kier alpha value is -2.48. The highest BCUT2D eigenvalue weighted by Crippen LogP contribution is 2.23. The highest BCUT2D eigenvalue weighted by atomic mass is 16.5. The third kappa shape index (κ3) is 17.1. The summed E-state index contributed by atoms with van der Waals surface area (Å²) in [5.41, 5.74) is -0.538. The number of hydrogen-bond donors (Lipinski definition) is 1.